The molecule has 0 atom stereocenters. The minimum atomic E-state index is 0.750. The summed E-state index contributed by atoms with van der Waals surface area (Å²) in [5.74, 6) is 0. The van der Waals surface area contributed by atoms with Crippen molar-refractivity contribution in [2.75, 3.05) is 19.4 Å². The number of benzene rings is 1. The maximum atomic E-state index is 9.77. The second-order valence-electron chi connectivity index (χ2n) is 5.45. The third-order valence-corrected chi connectivity index (χ3v) is 3.43. The third-order valence-electron chi connectivity index (χ3n) is 3.43. The van der Waals surface area contributed by atoms with Crippen LogP contribution in [0.25, 0.3) is 0 Å². The molecule has 1 aromatic rings. The van der Waals surface area contributed by atoms with Crippen LogP contribution in [0.4, 0.5) is 5.69 Å². The van der Waals surface area contributed by atoms with E-state index in [1.54, 1.807) is 0 Å². The van der Waals surface area contributed by atoms with Crippen molar-refractivity contribution in [2.45, 2.75) is 59.3 Å². The SMILES string of the molecule is C/C=C\C=C(/CC)NC.C=O.CCCCCCC=O.CNc1ccccc1. The molecule has 0 aromatic heterocycles. The molecule has 4 nitrogen and oxygen atoms in total. The minimum absolute atomic E-state index is 0.750. The fourth-order valence-corrected chi connectivity index (χ4v) is 1.85. The van der Waals surface area contributed by atoms with Crippen molar-refractivity contribution < 1.29 is 9.59 Å². The van der Waals surface area contributed by atoms with Crippen molar-refractivity contribution >= 4 is 18.8 Å². The van der Waals surface area contributed by atoms with E-state index < -0.39 is 0 Å². The van der Waals surface area contributed by atoms with Gasteiger partial charge in [0, 0.05) is 31.9 Å². The molecule has 0 aliphatic heterocycles. The van der Waals surface area contributed by atoms with Crippen LogP contribution in [0, 0.1) is 0 Å². The Balaban J connectivity index is -0.000000306. The van der Waals surface area contributed by atoms with Gasteiger partial charge in [-0.25, -0.2) is 0 Å². The maximum absolute atomic E-state index is 9.77. The van der Waals surface area contributed by atoms with E-state index in [4.69, 9.17) is 4.79 Å². The van der Waals surface area contributed by atoms with E-state index in [2.05, 4.69) is 30.6 Å². The maximum Gasteiger partial charge on any atom is 0.119 e. The van der Waals surface area contributed by atoms with Crippen LogP contribution in [0.3, 0.4) is 0 Å². The zero-order valence-electron chi connectivity index (χ0n) is 18.0. The zero-order chi connectivity index (χ0) is 21.2. The highest BCUT2D eigenvalue weighted by atomic mass is 16.1. The first-order valence-electron chi connectivity index (χ1n) is 9.64. The number of hydrogen-bond acceptors (Lipinski definition) is 4. The monoisotopic (exact) mass is 376 g/mol. The Bertz CT molecular complexity index is 451. The first-order chi connectivity index (χ1) is 13.2. The Kier molecular flexibility index (Phi) is 31.0. The molecular weight excluding hydrogens is 336 g/mol. The molecule has 0 saturated carbocycles. The highest BCUT2D eigenvalue weighted by Gasteiger charge is 1.83. The average molecular weight is 377 g/mol. The topological polar surface area (TPSA) is 58.2 Å². The Morgan fingerprint density at radius 1 is 1.04 bits per heavy atom. The summed E-state index contributed by atoms with van der Waals surface area (Å²) in [7, 11) is 3.86. The fourth-order valence-electron chi connectivity index (χ4n) is 1.85. The van der Waals surface area contributed by atoms with Crippen LogP contribution in [0.5, 0.6) is 0 Å². The van der Waals surface area contributed by atoms with Crippen molar-refractivity contribution in [3.63, 3.8) is 0 Å². The Morgan fingerprint density at radius 3 is 2.04 bits per heavy atom. The Hall–Kier alpha value is -2.36. The van der Waals surface area contributed by atoms with Gasteiger partial charge in [0.2, 0.25) is 0 Å². The normalized spacial score (nSPS) is 9.59. The molecule has 27 heavy (non-hydrogen) atoms. The largest absolute Gasteiger partial charge is 0.391 e. The lowest BCUT2D eigenvalue weighted by atomic mass is 10.2. The number of nitrogens with one attached hydrogen (secondary N) is 2. The van der Waals surface area contributed by atoms with Crippen LogP contribution in [-0.2, 0) is 9.59 Å². The predicted octanol–water partition coefficient (Wildman–Crippen LogP) is 5.77. The van der Waals surface area contributed by atoms with E-state index in [-0.39, 0.29) is 0 Å². The molecule has 0 unspecified atom stereocenters. The number of carbonyl (C=O) groups is 2. The second kappa shape index (κ2) is 28.4. The van der Waals surface area contributed by atoms with E-state index in [0.29, 0.717) is 0 Å². The van der Waals surface area contributed by atoms with Crippen LogP contribution < -0.4 is 10.6 Å². The lowest BCUT2D eigenvalue weighted by Crippen LogP contribution is -2.03. The third kappa shape index (κ3) is 26.0. The number of hydrogen-bond donors (Lipinski definition) is 2. The van der Waals surface area contributed by atoms with Crippen LogP contribution >= 0.6 is 0 Å². The first kappa shape index (κ1) is 29.4. The summed E-state index contributed by atoms with van der Waals surface area (Å²) in [5, 5.41) is 6.12. The number of aldehydes is 1. The van der Waals surface area contributed by atoms with Crippen molar-refractivity contribution in [2.24, 2.45) is 0 Å². The molecule has 0 aliphatic rings. The van der Waals surface area contributed by atoms with Gasteiger partial charge in [0.25, 0.3) is 0 Å². The summed E-state index contributed by atoms with van der Waals surface area (Å²) in [6, 6.07) is 10.1. The molecule has 0 radical (unpaired) electrons. The second-order valence-corrected chi connectivity index (χ2v) is 5.45. The van der Waals surface area contributed by atoms with E-state index in [1.807, 2.05) is 70.3 Å². The molecule has 4 heteroatoms. The lowest BCUT2D eigenvalue weighted by Gasteiger charge is -1.98. The smallest absolute Gasteiger partial charge is 0.119 e. The van der Waals surface area contributed by atoms with E-state index in [0.717, 1.165) is 31.2 Å². The van der Waals surface area contributed by atoms with Gasteiger partial charge in [0.05, 0.1) is 0 Å². The van der Waals surface area contributed by atoms with Crippen molar-refractivity contribution in [1.29, 1.82) is 0 Å². The number of unbranched alkanes of at least 4 members (excludes halogenated alkanes) is 4. The number of para-hydroxylation sites is 1. The number of carbonyl (C=O) groups excluding carboxylic acids is 2. The summed E-state index contributed by atoms with van der Waals surface area (Å²) in [4.78, 5) is 17.8. The molecule has 1 aromatic carbocycles. The molecule has 0 spiro atoms. The summed E-state index contributed by atoms with van der Waals surface area (Å²) in [5.41, 5.74) is 2.43. The van der Waals surface area contributed by atoms with Crippen LogP contribution in [0.2, 0.25) is 0 Å². The van der Waals surface area contributed by atoms with Gasteiger partial charge in [-0.15, -0.1) is 0 Å². The molecule has 0 heterocycles. The molecule has 154 valence electrons. The van der Waals surface area contributed by atoms with Crippen LogP contribution in [0.1, 0.15) is 59.3 Å². The average Bonchev–Trinajstić information content (AvgIpc) is 2.75. The summed E-state index contributed by atoms with van der Waals surface area (Å²) >= 11 is 0. The lowest BCUT2D eigenvalue weighted by molar-refractivity contribution is -0.108. The van der Waals surface area contributed by atoms with Crippen LogP contribution in [-0.4, -0.2) is 27.2 Å². The van der Waals surface area contributed by atoms with Gasteiger partial charge in [-0.2, -0.15) is 0 Å². The van der Waals surface area contributed by atoms with Crippen LogP contribution in [0.15, 0.2) is 54.3 Å². The zero-order valence-corrected chi connectivity index (χ0v) is 18.0. The molecule has 0 saturated heterocycles. The van der Waals surface area contributed by atoms with Crippen molar-refractivity contribution in [1.82, 2.24) is 5.32 Å². The standard InChI is InChI=1S/C8H15N.C7H9N.C7H14O.CH2O/c1-4-6-7-8(5-2)9-3;1-8-7-5-3-2-4-6-7;1-2-3-4-5-6-7-8;1-2/h4,6-7,9H,5H2,1-3H3;2-6,8H,1H3;7H,2-6H2,1H3;1H2/b6-4-,8-7+;;;. The summed E-state index contributed by atoms with van der Waals surface area (Å²) < 4.78 is 0. The number of allylic oxidation sites excluding steroid dienone is 4. The van der Waals surface area contributed by atoms with Gasteiger partial charge < -0.3 is 20.2 Å². The van der Waals surface area contributed by atoms with Gasteiger partial charge in [-0.1, -0.05) is 63.5 Å². The predicted molar refractivity (Wildman–Crippen MR) is 120 cm³/mol. The first-order valence-corrected chi connectivity index (χ1v) is 9.64. The molecule has 1 rings (SSSR count). The van der Waals surface area contributed by atoms with E-state index in [9.17, 15) is 4.79 Å². The molecule has 0 fully saturated rings. The Labute approximate surface area is 167 Å². The quantitative estimate of drug-likeness (QED) is 0.326. The summed E-state index contributed by atoms with van der Waals surface area (Å²) in [6.45, 7) is 8.31. The summed E-state index contributed by atoms with van der Waals surface area (Å²) in [6.07, 6.45) is 13.8. The van der Waals surface area contributed by atoms with E-state index in [1.165, 1.54) is 25.0 Å². The minimum Gasteiger partial charge on any atom is -0.391 e. The van der Waals surface area contributed by atoms with Gasteiger partial charge in [-0.05, 0) is 38.0 Å². The molecule has 2 N–H and O–H groups in total. The van der Waals surface area contributed by atoms with Gasteiger partial charge in [0.15, 0.2) is 0 Å². The van der Waals surface area contributed by atoms with Gasteiger partial charge in [-0.3, -0.25) is 0 Å². The number of anilines is 1. The van der Waals surface area contributed by atoms with Crippen molar-refractivity contribution in [3.05, 3.63) is 54.3 Å². The Morgan fingerprint density at radius 2 is 1.67 bits per heavy atom. The number of rotatable bonds is 9. The molecule has 0 bridgehead atoms. The highest BCUT2D eigenvalue weighted by molar-refractivity contribution is 5.48. The molecular formula is C23H40N2O2. The van der Waals surface area contributed by atoms with Gasteiger partial charge in [0.1, 0.15) is 13.1 Å². The fraction of sp³-hybridized carbons (Fsp3) is 0.478. The molecule has 0 amide bonds. The highest BCUT2D eigenvalue weighted by Crippen LogP contribution is 2.01. The molecule has 0 aliphatic carbocycles. The van der Waals surface area contributed by atoms with E-state index >= 15 is 0 Å². The van der Waals surface area contributed by atoms with Crippen molar-refractivity contribution in [3.8, 4) is 0 Å². The van der Waals surface area contributed by atoms with Gasteiger partial charge >= 0.3 is 0 Å².